The Morgan fingerprint density at radius 3 is 2.95 bits per heavy atom. The lowest BCUT2D eigenvalue weighted by Gasteiger charge is -2.09. The number of allylic oxidation sites excluding steroid dienone is 1. The molecule has 2 N–H and O–H groups in total. The lowest BCUT2D eigenvalue weighted by atomic mass is 10.1. The highest BCUT2D eigenvalue weighted by Crippen LogP contribution is 2.28. The standard InChI is InChI=1S/C14H14N4O3S/c1-2-6-17-12(8-16-14(17)22-9-13(15)19)10-4-3-5-11(7-10)18(20)21/h2-5,7-8H,1,6,9H2,(H2,15,19). The number of non-ortho nitro benzene ring substituents is 1. The van der Waals surface area contributed by atoms with Crippen molar-refractivity contribution in [1.82, 2.24) is 9.55 Å². The summed E-state index contributed by atoms with van der Waals surface area (Å²) in [4.78, 5) is 25.6. The molecule has 7 nitrogen and oxygen atoms in total. The summed E-state index contributed by atoms with van der Waals surface area (Å²) in [6.45, 7) is 4.17. The fourth-order valence-corrected chi connectivity index (χ4v) is 2.65. The van der Waals surface area contributed by atoms with E-state index >= 15 is 0 Å². The Kier molecular flexibility index (Phi) is 4.95. The quantitative estimate of drug-likeness (QED) is 0.365. The smallest absolute Gasteiger partial charge is 0.270 e. The second kappa shape index (κ2) is 6.90. The summed E-state index contributed by atoms with van der Waals surface area (Å²) in [6, 6.07) is 6.31. The van der Waals surface area contributed by atoms with Crippen molar-refractivity contribution in [1.29, 1.82) is 0 Å². The number of benzene rings is 1. The Morgan fingerprint density at radius 1 is 1.55 bits per heavy atom. The fraction of sp³-hybridized carbons (Fsp3) is 0.143. The number of primary amides is 1. The minimum atomic E-state index is -0.444. The minimum Gasteiger partial charge on any atom is -0.369 e. The molecule has 8 heteroatoms. The number of thioether (sulfide) groups is 1. The number of nitrogens with two attached hydrogens (primary N) is 1. The number of hydrogen-bond donors (Lipinski definition) is 1. The van der Waals surface area contributed by atoms with Crippen molar-refractivity contribution in [2.45, 2.75) is 11.7 Å². The van der Waals surface area contributed by atoms with Gasteiger partial charge in [0.2, 0.25) is 5.91 Å². The van der Waals surface area contributed by atoms with Gasteiger partial charge in [-0.15, -0.1) is 6.58 Å². The molecule has 1 heterocycles. The Balaban J connectivity index is 2.41. The van der Waals surface area contributed by atoms with E-state index in [2.05, 4.69) is 11.6 Å². The molecular formula is C14H14N4O3S. The van der Waals surface area contributed by atoms with Gasteiger partial charge in [0.15, 0.2) is 5.16 Å². The van der Waals surface area contributed by atoms with Gasteiger partial charge in [-0.05, 0) is 0 Å². The van der Waals surface area contributed by atoms with Gasteiger partial charge in [-0.2, -0.15) is 0 Å². The summed E-state index contributed by atoms with van der Waals surface area (Å²) in [5.74, 6) is -0.322. The van der Waals surface area contributed by atoms with Crippen LogP contribution < -0.4 is 5.73 Å². The molecule has 0 fully saturated rings. The minimum absolute atomic E-state index is 0.00944. The highest BCUT2D eigenvalue weighted by molar-refractivity contribution is 7.99. The van der Waals surface area contributed by atoms with Crippen molar-refractivity contribution >= 4 is 23.4 Å². The summed E-state index contributed by atoms with van der Waals surface area (Å²) in [5, 5.41) is 11.5. The van der Waals surface area contributed by atoms with Crippen LogP contribution in [0.4, 0.5) is 5.69 Å². The van der Waals surface area contributed by atoms with Crippen LogP contribution in [0.1, 0.15) is 0 Å². The van der Waals surface area contributed by atoms with Crippen molar-refractivity contribution in [2.75, 3.05) is 5.75 Å². The van der Waals surface area contributed by atoms with Crippen molar-refractivity contribution in [3.8, 4) is 11.3 Å². The van der Waals surface area contributed by atoms with Crippen LogP contribution in [0.5, 0.6) is 0 Å². The van der Waals surface area contributed by atoms with Crippen molar-refractivity contribution in [3.63, 3.8) is 0 Å². The number of nitro groups is 1. The van der Waals surface area contributed by atoms with Gasteiger partial charge < -0.3 is 10.3 Å². The molecule has 0 bridgehead atoms. The van der Waals surface area contributed by atoms with E-state index in [-0.39, 0.29) is 11.4 Å². The predicted molar refractivity (Wildman–Crippen MR) is 84.4 cm³/mol. The molecule has 0 aliphatic heterocycles. The number of hydrogen-bond acceptors (Lipinski definition) is 5. The monoisotopic (exact) mass is 318 g/mol. The summed E-state index contributed by atoms with van der Waals surface area (Å²) in [6.07, 6.45) is 3.31. The number of carbonyl (C=O) groups is 1. The Hall–Kier alpha value is -2.61. The zero-order valence-corrected chi connectivity index (χ0v) is 12.5. The number of rotatable bonds is 7. The van der Waals surface area contributed by atoms with Crippen LogP contribution in [0.2, 0.25) is 0 Å². The molecule has 2 rings (SSSR count). The molecule has 1 aromatic carbocycles. The first-order valence-electron chi connectivity index (χ1n) is 6.35. The molecule has 0 saturated carbocycles. The van der Waals surface area contributed by atoms with Crippen LogP contribution in [-0.4, -0.2) is 26.1 Å². The van der Waals surface area contributed by atoms with E-state index in [0.29, 0.717) is 17.3 Å². The Morgan fingerprint density at radius 2 is 2.32 bits per heavy atom. The normalized spacial score (nSPS) is 10.4. The van der Waals surface area contributed by atoms with E-state index in [1.807, 2.05) is 4.57 Å². The van der Waals surface area contributed by atoms with E-state index in [0.717, 1.165) is 5.69 Å². The largest absolute Gasteiger partial charge is 0.369 e. The number of imidazole rings is 1. The van der Waals surface area contributed by atoms with Gasteiger partial charge in [0.05, 0.1) is 22.6 Å². The molecule has 22 heavy (non-hydrogen) atoms. The molecule has 1 aromatic heterocycles. The molecule has 114 valence electrons. The predicted octanol–water partition coefficient (Wildman–Crippen LogP) is 2.22. The molecule has 0 aliphatic carbocycles. The number of carbonyl (C=O) groups excluding carboxylic acids is 1. The zero-order chi connectivity index (χ0) is 16.1. The maximum absolute atomic E-state index is 10.9. The van der Waals surface area contributed by atoms with Crippen LogP contribution in [-0.2, 0) is 11.3 Å². The van der Waals surface area contributed by atoms with E-state index in [4.69, 9.17) is 5.73 Å². The lowest BCUT2D eigenvalue weighted by molar-refractivity contribution is -0.384. The summed E-state index contributed by atoms with van der Waals surface area (Å²) in [5.41, 5.74) is 6.55. The first kappa shape index (κ1) is 15.8. The van der Waals surface area contributed by atoms with Gasteiger partial charge in [-0.1, -0.05) is 30.0 Å². The number of amides is 1. The molecule has 0 spiro atoms. The van der Waals surface area contributed by atoms with Crippen LogP contribution in [0, 0.1) is 10.1 Å². The Bertz CT molecular complexity index is 727. The highest BCUT2D eigenvalue weighted by atomic mass is 32.2. The first-order valence-corrected chi connectivity index (χ1v) is 7.34. The first-order chi connectivity index (χ1) is 10.5. The third-order valence-electron chi connectivity index (χ3n) is 2.83. The van der Waals surface area contributed by atoms with E-state index in [1.165, 1.54) is 23.9 Å². The van der Waals surface area contributed by atoms with Crippen LogP contribution >= 0.6 is 11.8 Å². The van der Waals surface area contributed by atoms with Gasteiger partial charge in [-0.25, -0.2) is 4.98 Å². The SMILES string of the molecule is C=CCn1c(-c2cccc([N+](=O)[O-])c2)cnc1SCC(N)=O. The van der Waals surface area contributed by atoms with Gasteiger partial charge >= 0.3 is 0 Å². The topological polar surface area (TPSA) is 104 Å². The van der Waals surface area contributed by atoms with Crippen LogP contribution in [0.3, 0.4) is 0 Å². The molecule has 0 saturated heterocycles. The molecule has 1 amide bonds. The molecule has 0 radical (unpaired) electrons. The van der Waals surface area contributed by atoms with Gasteiger partial charge in [-0.3, -0.25) is 14.9 Å². The third kappa shape index (κ3) is 3.53. The van der Waals surface area contributed by atoms with Gasteiger partial charge in [0.1, 0.15) is 0 Å². The van der Waals surface area contributed by atoms with Gasteiger partial charge in [0, 0.05) is 24.2 Å². The van der Waals surface area contributed by atoms with Crippen LogP contribution in [0.15, 0.2) is 48.3 Å². The van der Waals surface area contributed by atoms with E-state index < -0.39 is 10.8 Å². The molecule has 0 atom stereocenters. The highest BCUT2D eigenvalue weighted by Gasteiger charge is 2.14. The Labute approximate surface area is 131 Å². The number of aromatic nitrogens is 2. The molecular weight excluding hydrogens is 304 g/mol. The molecule has 0 aliphatic rings. The average Bonchev–Trinajstić information content (AvgIpc) is 2.88. The lowest BCUT2D eigenvalue weighted by Crippen LogP contribution is -2.13. The van der Waals surface area contributed by atoms with Crippen LogP contribution in [0.25, 0.3) is 11.3 Å². The molecule has 0 unspecified atom stereocenters. The second-order valence-corrected chi connectivity index (χ2v) is 5.33. The maximum Gasteiger partial charge on any atom is 0.270 e. The number of nitro benzene ring substituents is 1. The zero-order valence-electron chi connectivity index (χ0n) is 11.6. The van der Waals surface area contributed by atoms with Gasteiger partial charge in [0.25, 0.3) is 5.69 Å². The van der Waals surface area contributed by atoms with Crippen molar-refractivity contribution < 1.29 is 9.72 Å². The summed E-state index contributed by atoms with van der Waals surface area (Å²) >= 11 is 1.22. The van der Waals surface area contributed by atoms with Crippen molar-refractivity contribution in [2.24, 2.45) is 5.73 Å². The van der Waals surface area contributed by atoms with Crippen molar-refractivity contribution in [3.05, 3.63) is 53.2 Å². The second-order valence-electron chi connectivity index (χ2n) is 4.39. The maximum atomic E-state index is 10.9. The van der Waals surface area contributed by atoms with E-state index in [9.17, 15) is 14.9 Å². The average molecular weight is 318 g/mol. The summed E-state index contributed by atoms with van der Waals surface area (Å²) < 4.78 is 1.83. The fourth-order valence-electron chi connectivity index (χ4n) is 1.92. The molecule has 2 aromatic rings. The summed E-state index contributed by atoms with van der Waals surface area (Å²) in [7, 11) is 0. The van der Waals surface area contributed by atoms with E-state index in [1.54, 1.807) is 24.4 Å². The number of nitrogens with zero attached hydrogens (tertiary/aromatic N) is 3. The third-order valence-corrected chi connectivity index (χ3v) is 3.84.